The number of hydrogen-bond donors (Lipinski definition) is 2. The number of amides is 4. The van der Waals surface area contributed by atoms with Crippen LogP contribution in [0.4, 0.5) is 5.69 Å². The number of ketones is 1. The zero-order chi connectivity index (χ0) is 39.1. The SMILES string of the molecule is CCCC1CCC(=O)N(C(Cl)(C(=O)Nc2ccccc2)C(=O)C(C)(C)CC(=O)NCCC(C)Oc2ccc(C(C)(C)CC)cc2C(C)(C)CC)C1=O. The number of piperidine rings is 1. The maximum atomic E-state index is 14.4. The van der Waals surface area contributed by atoms with Crippen molar-refractivity contribution < 1.29 is 28.7 Å². The Bertz CT molecular complexity index is 1600. The molecule has 1 aliphatic rings. The third kappa shape index (κ3) is 9.82. The maximum Gasteiger partial charge on any atom is 0.274 e. The molecule has 10 heteroatoms. The minimum atomic E-state index is -2.70. The molecule has 0 aliphatic carbocycles. The van der Waals surface area contributed by atoms with E-state index in [9.17, 15) is 24.0 Å². The van der Waals surface area contributed by atoms with Gasteiger partial charge in [-0.05, 0) is 67.2 Å². The predicted octanol–water partition coefficient (Wildman–Crippen LogP) is 8.46. The topological polar surface area (TPSA) is 122 Å². The molecule has 0 bridgehead atoms. The Labute approximate surface area is 316 Å². The number of halogens is 1. The number of ether oxygens (including phenoxy) is 1. The molecule has 52 heavy (non-hydrogen) atoms. The van der Waals surface area contributed by atoms with Crippen LogP contribution in [-0.4, -0.2) is 52.0 Å². The summed E-state index contributed by atoms with van der Waals surface area (Å²) in [5.41, 5.74) is 1.16. The fraction of sp³-hybridized carbons (Fsp3) is 0.595. The molecule has 286 valence electrons. The standard InChI is InChI=1S/C42H60ClN3O6/c1-11-17-29-20-23-35(48)46(36(29)49)42(43,38(51)45-31-18-15-14-16-19-31)37(50)41(9,10)27-34(47)44-25-24-28(4)52-33-22-21-30(39(5,6)12-2)26-32(33)40(7,8)13-3/h14-16,18-19,21-22,26,28-29H,11-13,17,20,23-25,27H2,1-10H3,(H,44,47)(H,45,51). The normalized spacial score (nSPS) is 17.3. The third-order valence-electron chi connectivity index (χ3n) is 10.8. The van der Waals surface area contributed by atoms with Crippen molar-refractivity contribution in [3.8, 4) is 5.75 Å². The second-order valence-electron chi connectivity index (χ2n) is 16.2. The Hall–Kier alpha value is -3.72. The Kier molecular flexibility index (Phi) is 14.3. The number of imide groups is 1. The van der Waals surface area contributed by atoms with Crippen LogP contribution in [0.5, 0.6) is 5.75 Å². The maximum absolute atomic E-state index is 14.4. The van der Waals surface area contributed by atoms with Gasteiger partial charge in [-0.25, -0.2) is 4.90 Å². The van der Waals surface area contributed by atoms with Crippen molar-refractivity contribution in [2.45, 2.75) is 143 Å². The molecule has 2 N–H and O–H groups in total. The molecule has 0 radical (unpaired) electrons. The van der Waals surface area contributed by atoms with Gasteiger partial charge in [0, 0.05) is 48.4 Å². The molecule has 9 nitrogen and oxygen atoms in total. The van der Waals surface area contributed by atoms with Gasteiger partial charge in [0.05, 0.1) is 6.10 Å². The summed E-state index contributed by atoms with van der Waals surface area (Å²) in [6.07, 6.45) is 3.35. The smallest absolute Gasteiger partial charge is 0.274 e. The Balaban J connectivity index is 1.76. The summed E-state index contributed by atoms with van der Waals surface area (Å²) in [6, 6.07) is 14.8. The van der Waals surface area contributed by atoms with E-state index in [4.69, 9.17) is 16.3 Å². The van der Waals surface area contributed by atoms with E-state index >= 15 is 0 Å². The monoisotopic (exact) mass is 737 g/mol. The van der Waals surface area contributed by atoms with Crippen molar-refractivity contribution in [2.24, 2.45) is 11.3 Å². The van der Waals surface area contributed by atoms with Gasteiger partial charge < -0.3 is 15.4 Å². The van der Waals surface area contributed by atoms with E-state index < -0.39 is 45.7 Å². The van der Waals surface area contributed by atoms with Crippen molar-refractivity contribution in [3.05, 3.63) is 59.7 Å². The van der Waals surface area contributed by atoms with Gasteiger partial charge in [0.15, 0.2) is 5.78 Å². The number of rotatable bonds is 18. The zero-order valence-electron chi connectivity index (χ0n) is 32.9. The lowest BCUT2D eigenvalue weighted by molar-refractivity contribution is -0.165. The molecule has 3 unspecified atom stereocenters. The van der Waals surface area contributed by atoms with E-state index in [-0.39, 0.29) is 36.3 Å². The lowest BCUT2D eigenvalue weighted by Gasteiger charge is -2.42. The number of nitrogens with one attached hydrogen (secondary N) is 2. The highest BCUT2D eigenvalue weighted by atomic mass is 35.5. The van der Waals surface area contributed by atoms with Gasteiger partial charge in [-0.1, -0.05) is 111 Å². The summed E-state index contributed by atoms with van der Waals surface area (Å²) >= 11 is 6.99. The molecule has 1 aliphatic heterocycles. The number of benzene rings is 2. The number of nitrogens with zero attached hydrogens (tertiary/aromatic N) is 1. The van der Waals surface area contributed by atoms with Crippen LogP contribution >= 0.6 is 11.6 Å². The molecule has 3 atom stereocenters. The van der Waals surface area contributed by atoms with Crippen LogP contribution in [0.2, 0.25) is 0 Å². The van der Waals surface area contributed by atoms with Crippen LogP contribution in [0.3, 0.4) is 0 Å². The van der Waals surface area contributed by atoms with Crippen LogP contribution in [0, 0.1) is 11.3 Å². The average Bonchev–Trinajstić information content (AvgIpc) is 3.09. The van der Waals surface area contributed by atoms with E-state index in [1.807, 2.05) is 13.8 Å². The molecular formula is C42H60ClN3O6. The summed E-state index contributed by atoms with van der Waals surface area (Å²) < 4.78 is 6.45. The average molecular weight is 738 g/mol. The van der Waals surface area contributed by atoms with Crippen LogP contribution in [0.15, 0.2) is 48.5 Å². The van der Waals surface area contributed by atoms with E-state index in [1.54, 1.807) is 30.3 Å². The summed E-state index contributed by atoms with van der Waals surface area (Å²) in [5.74, 6) is -3.47. The fourth-order valence-corrected chi connectivity index (χ4v) is 6.96. The van der Waals surface area contributed by atoms with Crippen LogP contribution in [0.1, 0.15) is 132 Å². The quantitative estimate of drug-likeness (QED) is 0.0685. The first-order valence-electron chi connectivity index (χ1n) is 18.8. The highest BCUT2D eigenvalue weighted by molar-refractivity contribution is 6.50. The van der Waals surface area contributed by atoms with E-state index in [2.05, 4.69) is 70.4 Å². The number of para-hydroxylation sites is 1. The molecule has 4 amide bonds. The van der Waals surface area contributed by atoms with Gasteiger partial charge in [0.1, 0.15) is 5.75 Å². The minimum Gasteiger partial charge on any atom is -0.490 e. The van der Waals surface area contributed by atoms with Gasteiger partial charge in [-0.2, -0.15) is 0 Å². The van der Waals surface area contributed by atoms with Gasteiger partial charge in [-0.3, -0.25) is 24.0 Å². The molecule has 1 heterocycles. The molecule has 1 fully saturated rings. The minimum absolute atomic E-state index is 0.0315. The van der Waals surface area contributed by atoms with Crippen LogP contribution in [0.25, 0.3) is 0 Å². The number of alkyl halides is 1. The van der Waals surface area contributed by atoms with Gasteiger partial charge in [-0.15, -0.1) is 0 Å². The van der Waals surface area contributed by atoms with Gasteiger partial charge in [0.25, 0.3) is 10.9 Å². The summed E-state index contributed by atoms with van der Waals surface area (Å²) in [6.45, 7) is 20.4. The highest BCUT2D eigenvalue weighted by Gasteiger charge is 2.60. The number of carbonyl (C=O) groups excluding carboxylic acids is 5. The lowest BCUT2D eigenvalue weighted by Crippen LogP contribution is -2.67. The third-order valence-corrected chi connectivity index (χ3v) is 11.3. The lowest BCUT2D eigenvalue weighted by atomic mass is 9.76. The fourth-order valence-electron chi connectivity index (χ4n) is 6.48. The first-order chi connectivity index (χ1) is 24.2. The molecule has 0 saturated carbocycles. The number of hydrogen-bond acceptors (Lipinski definition) is 6. The Morgan fingerprint density at radius 2 is 1.58 bits per heavy atom. The molecule has 1 saturated heterocycles. The van der Waals surface area contributed by atoms with Crippen LogP contribution in [-0.2, 0) is 34.8 Å². The number of likely N-dealkylation sites (tertiary alicyclic amines) is 1. The van der Waals surface area contributed by atoms with Crippen molar-refractivity contribution in [1.29, 1.82) is 0 Å². The Morgan fingerprint density at radius 3 is 2.17 bits per heavy atom. The summed E-state index contributed by atoms with van der Waals surface area (Å²) in [5, 5.41) is 5.50. The van der Waals surface area contributed by atoms with Crippen molar-refractivity contribution in [3.63, 3.8) is 0 Å². The first kappa shape index (κ1) is 42.7. The van der Waals surface area contributed by atoms with E-state index in [0.29, 0.717) is 36.3 Å². The number of carbonyl (C=O) groups is 5. The molecule has 3 rings (SSSR count). The molecular weight excluding hydrogens is 678 g/mol. The second kappa shape index (κ2) is 17.4. The van der Waals surface area contributed by atoms with Gasteiger partial charge >= 0.3 is 0 Å². The van der Waals surface area contributed by atoms with Crippen molar-refractivity contribution in [2.75, 3.05) is 11.9 Å². The summed E-state index contributed by atoms with van der Waals surface area (Å²) in [4.78, 5) is 66.6. The molecule has 0 aromatic heterocycles. The molecule has 2 aromatic carbocycles. The summed E-state index contributed by atoms with van der Waals surface area (Å²) in [7, 11) is 0. The van der Waals surface area contributed by atoms with Crippen molar-refractivity contribution >= 4 is 46.7 Å². The number of Topliss-reactive ketones (excluding diaryl/α,β-unsaturated/α-hetero) is 1. The highest BCUT2D eigenvalue weighted by Crippen LogP contribution is 2.41. The Morgan fingerprint density at radius 1 is 0.942 bits per heavy atom. The first-order valence-corrected chi connectivity index (χ1v) is 19.2. The number of anilines is 1. The molecule has 2 aromatic rings. The van der Waals surface area contributed by atoms with Gasteiger partial charge in [0.2, 0.25) is 17.7 Å². The molecule has 0 spiro atoms. The van der Waals surface area contributed by atoms with Crippen molar-refractivity contribution in [1.82, 2.24) is 10.2 Å². The second-order valence-corrected chi connectivity index (χ2v) is 16.7. The predicted molar refractivity (Wildman–Crippen MR) is 207 cm³/mol. The largest absolute Gasteiger partial charge is 0.490 e. The zero-order valence-corrected chi connectivity index (χ0v) is 33.7. The van der Waals surface area contributed by atoms with Crippen LogP contribution < -0.4 is 15.4 Å². The van der Waals surface area contributed by atoms with E-state index in [0.717, 1.165) is 24.2 Å². The van der Waals surface area contributed by atoms with E-state index in [1.165, 1.54) is 19.4 Å².